The van der Waals surface area contributed by atoms with E-state index in [-0.39, 0.29) is 0 Å². The minimum absolute atomic E-state index is 0.605. The molecule has 1 aromatic carbocycles. The number of nitrogens with zero attached hydrogens (tertiary/aromatic N) is 2. The van der Waals surface area contributed by atoms with E-state index in [0.29, 0.717) is 5.88 Å². The van der Waals surface area contributed by atoms with Gasteiger partial charge in [0.05, 0.1) is 7.11 Å². The van der Waals surface area contributed by atoms with Crippen LogP contribution < -0.4 is 9.64 Å². The summed E-state index contributed by atoms with van der Waals surface area (Å²) in [6, 6.07) is 8.07. The molecule has 0 aliphatic rings. The first-order valence-electron chi connectivity index (χ1n) is 6.53. The van der Waals surface area contributed by atoms with Crippen molar-refractivity contribution in [3.63, 3.8) is 0 Å². The van der Waals surface area contributed by atoms with Gasteiger partial charge in [0, 0.05) is 30.6 Å². The third-order valence-electron chi connectivity index (χ3n) is 3.10. The lowest BCUT2D eigenvalue weighted by molar-refractivity contribution is 0.415. The monoisotopic (exact) mass is 278 g/mol. The van der Waals surface area contributed by atoms with E-state index in [4.69, 9.17) is 16.3 Å². The van der Waals surface area contributed by atoms with Gasteiger partial charge in [0.15, 0.2) is 0 Å². The Morgan fingerprint density at radius 3 is 2.79 bits per heavy atom. The van der Waals surface area contributed by atoms with Gasteiger partial charge in [0.2, 0.25) is 0 Å². The van der Waals surface area contributed by atoms with Gasteiger partial charge < -0.3 is 9.64 Å². The fourth-order valence-corrected chi connectivity index (χ4v) is 2.42. The highest BCUT2D eigenvalue weighted by Gasteiger charge is 2.10. The predicted molar refractivity (Wildman–Crippen MR) is 81.5 cm³/mol. The molecule has 0 radical (unpaired) electrons. The van der Waals surface area contributed by atoms with Gasteiger partial charge in [0.1, 0.15) is 11.6 Å². The summed E-state index contributed by atoms with van der Waals surface area (Å²) in [6.45, 7) is 3.94. The van der Waals surface area contributed by atoms with Crippen LogP contribution >= 0.6 is 11.6 Å². The first kappa shape index (κ1) is 13.9. The minimum Gasteiger partial charge on any atom is -0.497 e. The number of alkyl halides is 1. The zero-order chi connectivity index (χ0) is 13.7. The van der Waals surface area contributed by atoms with E-state index in [1.807, 2.05) is 24.4 Å². The van der Waals surface area contributed by atoms with Gasteiger partial charge >= 0.3 is 0 Å². The van der Waals surface area contributed by atoms with Gasteiger partial charge in [-0.25, -0.2) is 4.98 Å². The molecule has 0 spiro atoms. The summed E-state index contributed by atoms with van der Waals surface area (Å²) >= 11 is 5.89. The molecule has 4 heteroatoms. The molecule has 0 saturated heterocycles. The molecule has 0 N–H and O–H groups in total. The Hall–Kier alpha value is -1.48. The van der Waals surface area contributed by atoms with Gasteiger partial charge in [-0.1, -0.05) is 6.92 Å². The summed E-state index contributed by atoms with van der Waals surface area (Å²) < 4.78 is 5.26. The number of anilines is 1. The zero-order valence-electron chi connectivity index (χ0n) is 11.4. The van der Waals surface area contributed by atoms with E-state index < -0.39 is 0 Å². The number of aromatic nitrogens is 1. The van der Waals surface area contributed by atoms with Crippen LogP contribution in [0.2, 0.25) is 0 Å². The molecule has 2 aromatic rings. The van der Waals surface area contributed by atoms with E-state index in [2.05, 4.69) is 22.9 Å². The summed E-state index contributed by atoms with van der Waals surface area (Å²) in [5.74, 6) is 2.47. The standard InChI is InChI=1S/C15H19ClN2O/c1-3-9-18(10-7-16)15-14-5-4-13(19-2)11-12(14)6-8-17-15/h4-6,8,11H,3,7,9-10H2,1-2H3. The second-order valence-corrected chi connectivity index (χ2v) is 4.78. The van der Waals surface area contributed by atoms with Gasteiger partial charge in [-0.3, -0.25) is 0 Å². The molecule has 19 heavy (non-hydrogen) atoms. The number of hydrogen-bond acceptors (Lipinski definition) is 3. The van der Waals surface area contributed by atoms with Crippen molar-refractivity contribution in [3.8, 4) is 5.75 Å². The molecule has 0 bridgehead atoms. The Labute approximate surface area is 119 Å². The molecule has 0 aliphatic carbocycles. The van der Waals surface area contributed by atoms with Gasteiger partial charge in [-0.05, 0) is 36.1 Å². The Morgan fingerprint density at radius 2 is 2.11 bits per heavy atom. The Kier molecular flexibility index (Phi) is 4.86. The Balaban J connectivity index is 2.46. The molecule has 0 saturated carbocycles. The number of hydrogen-bond donors (Lipinski definition) is 0. The molecule has 1 aromatic heterocycles. The van der Waals surface area contributed by atoms with Crippen LogP contribution in [0.3, 0.4) is 0 Å². The van der Waals surface area contributed by atoms with Crippen LogP contribution in [0.1, 0.15) is 13.3 Å². The van der Waals surface area contributed by atoms with Crippen molar-refractivity contribution in [1.29, 1.82) is 0 Å². The van der Waals surface area contributed by atoms with Gasteiger partial charge in [-0.15, -0.1) is 11.6 Å². The Bertz CT molecular complexity index is 539. The molecule has 0 unspecified atom stereocenters. The Morgan fingerprint density at radius 1 is 1.26 bits per heavy atom. The van der Waals surface area contributed by atoms with Crippen molar-refractivity contribution in [2.75, 3.05) is 31.0 Å². The highest BCUT2D eigenvalue weighted by Crippen LogP contribution is 2.27. The molecule has 2 rings (SSSR count). The SMILES string of the molecule is CCCN(CCCl)c1nccc2cc(OC)ccc12. The van der Waals surface area contributed by atoms with Crippen LogP contribution in [0.25, 0.3) is 10.8 Å². The smallest absolute Gasteiger partial charge is 0.136 e. The van der Waals surface area contributed by atoms with Crippen LogP contribution in [-0.4, -0.2) is 31.1 Å². The largest absolute Gasteiger partial charge is 0.497 e. The fourth-order valence-electron chi connectivity index (χ4n) is 2.21. The van der Waals surface area contributed by atoms with E-state index in [1.165, 1.54) is 0 Å². The number of halogens is 1. The van der Waals surface area contributed by atoms with E-state index in [1.54, 1.807) is 7.11 Å². The molecular formula is C15H19ClN2O. The average Bonchev–Trinajstić information content (AvgIpc) is 2.46. The van der Waals surface area contributed by atoms with Crippen molar-refractivity contribution < 1.29 is 4.74 Å². The quantitative estimate of drug-likeness (QED) is 0.754. The molecule has 0 aliphatic heterocycles. The van der Waals surface area contributed by atoms with Crippen LogP contribution in [0.15, 0.2) is 30.5 Å². The molecule has 1 heterocycles. The summed E-state index contributed by atoms with van der Waals surface area (Å²) in [7, 11) is 1.68. The summed E-state index contributed by atoms with van der Waals surface area (Å²) in [4.78, 5) is 6.76. The third kappa shape index (κ3) is 3.10. The van der Waals surface area contributed by atoms with Crippen molar-refractivity contribution in [2.45, 2.75) is 13.3 Å². The van der Waals surface area contributed by atoms with Crippen molar-refractivity contribution in [3.05, 3.63) is 30.5 Å². The molecule has 0 fully saturated rings. The maximum atomic E-state index is 5.89. The number of fused-ring (bicyclic) bond motifs is 1. The first-order chi connectivity index (χ1) is 9.30. The van der Waals surface area contributed by atoms with Crippen LogP contribution in [-0.2, 0) is 0 Å². The molecule has 102 valence electrons. The normalized spacial score (nSPS) is 10.7. The second kappa shape index (κ2) is 6.62. The third-order valence-corrected chi connectivity index (χ3v) is 3.27. The highest BCUT2D eigenvalue weighted by atomic mass is 35.5. The molecule has 3 nitrogen and oxygen atoms in total. The molecule has 0 atom stereocenters. The maximum Gasteiger partial charge on any atom is 0.136 e. The summed E-state index contributed by atoms with van der Waals surface area (Å²) in [5, 5.41) is 2.28. The molecular weight excluding hydrogens is 260 g/mol. The first-order valence-corrected chi connectivity index (χ1v) is 7.07. The minimum atomic E-state index is 0.605. The van der Waals surface area contributed by atoms with Gasteiger partial charge in [-0.2, -0.15) is 0 Å². The van der Waals surface area contributed by atoms with Gasteiger partial charge in [0.25, 0.3) is 0 Å². The lowest BCUT2D eigenvalue weighted by Crippen LogP contribution is -2.27. The number of methoxy groups -OCH3 is 1. The summed E-state index contributed by atoms with van der Waals surface area (Å²) in [5.41, 5.74) is 0. The second-order valence-electron chi connectivity index (χ2n) is 4.40. The van der Waals surface area contributed by atoms with Crippen molar-refractivity contribution in [1.82, 2.24) is 4.98 Å². The summed E-state index contributed by atoms with van der Waals surface area (Å²) in [6.07, 6.45) is 2.92. The molecule has 0 amide bonds. The van der Waals surface area contributed by atoms with E-state index in [0.717, 1.165) is 41.9 Å². The maximum absolute atomic E-state index is 5.89. The predicted octanol–water partition coefficient (Wildman–Crippen LogP) is 3.70. The number of ether oxygens (including phenoxy) is 1. The van der Waals surface area contributed by atoms with E-state index in [9.17, 15) is 0 Å². The van der Waals surface area contributed by atoms with Crippen molar-refractivity contribution >= 4 is 28.2 Å². The van der Waals surface area contributed by atoms with Crippen LogP contribution in [0, 0.1) is 0 Å². The fraction of sp³-hybridized carbons (Fsp3) is 0.400. The lowest BCUT2D eigenvalue weighted by atomic mass is 10.1. The van der Waals surface area contributed by atoms with Crippen LogP contribution in [0.4, 0.5) is 5.82 Å². The highest BCUT2D eigenvalue weighted by molar-refractivity contribution is 6.18. The number of rotatable bonds is 6. The topological polar surface area (TPSA) is 25.4 Å². The lowest BCUT2D eigenvalue weighted by Gasteiger charge is -2.23. The van der Waals surface area contributed by atoms with Crippen molar-refractivity contribution in [2.24, 2.45) is 0 Å². The van der Waals surface area contributed by atoms with Crippen LogP contribution in [0.5, 0.6) is 5.75 Å². The number of benzene rings is 1. The average molecular weight is 279 g/mol. The number of pyridine rings is 1. The van der Waals surface area contributed by atoms with E-state index >= 15 is 0 Å². The zero-order valence-corrected chi connectivity index (χ0v) is 12.2.